The van der Waals surface area contributed by atoms with E-state index < -0.39 is 65.7 Å². The fourth-order valence-corrected chi connectivity index (χ4v) is 4.04. The van der Waals surface area contributed by atoms with Crippen molar-refractivity contribution in [2.75, 3.05) is 0 Å². The van der Waals surface area contributed by atoms with Gasteiger partial charge in [0.1, 0.15) is 0 Å². The zero-order valence-corrected chi connectivity index (χ0v) is 18.5. The fraction of sp³-hybridized carbons (Fsp3) is 0.750. The van der Waals surface area contributed by atoms with E-state index in [2.05, 4.69) is 9.44 Å². The Balaban J connectivity index is 5.71. The van der Waals surface area contributed by atoms with Gasteiger partial charge < -0.3 is 10.2 Å². The predicted octanol–water partition coefficient (Wildman–Crippen LogP) is 0.665. The molecule has 0 aromatic carbocycles. The van der Waals surface area contributed by atoms with E-state index in [-0.39, 0.29) is 12.8 Å². The fourth-order valence-electron chi connectivity index (χ4n) is 2.21. The van der Waals surface area contributed by atoms with Gasteiger partial charge in [-0.05, 0) is 54.4 Å². The minimum atomic E-state index is -3.68. The molecule has 0 aliphatic rings. The van der Waals surface area contributed by atoms with Gasteiger partial charge in [0.05, 0.1) is 10.5 Å². The lowest BCUT2D eigenvalue weighted by molar-refractivity contribution is -0.136. The molecule has 0 saturated heterocycles. The van der Waals surface area contributed by atoms with E-state index in [1.165, 1.54) is 41.5 Å². The molecule has 0 rings (SSSR count). The Morgan fingerprint density at radius 1 is 0.679 bits per heavy atom. The molecule has 28 heavy (non-hydrogen) atoms. The van der Waals surface area contributed by atoms with E-state index in [4.69, 9.17) is 0 Å². The number of hydrogen-bond donors (Lipinski definition) is 4. The van der Waals surface area contributed by atoms with E-state index >= 15 is 0 Å². The topological polar surface area (TPSA) is 167 Å². The number of carbonyl (C=O) groups is 2. The Hall–Kier alpha value is -1.50. The van der Waals surface area contributed by atoms with Crippen LogP contribution in [0.15, 0.2) is 11.1 Å². The second-order valence-electron chi connectivity index (χ2n) is 7.20. The third-order valence-corrected chi connectivity index (χ3v) is 7.82. The van der Waals surface area contributed by atoms with Gasteiger partial charge >= 0.3 is 11.9 Å². The third kappa shape index (κ3) is 8.25. The van der Waals surface area contributed by atoms with Gasteiger partial charge in [-0.25, -0.2) is 35.9 Å². The number of carboxylic acid groups (broad SMARTS) is 2. The largest absolute Gasteiger partial charge is 0.478 e. The zero-order chi connectivity index (χ0) is 22.4. The van der Waals surface area contributed by atoms with Gasteiger partial charge in [-0.15, -0.1) is 0 Å². The quantitative estimate of drug-likeness (QED) is 0.320. The Bertz CT molecular complexity index is 746. The highest BCUT2D eigenvalue weighted by atomic mass is 32.2. The average molecular weight is 443 g/mol. The smallest absolute Gasteiger partial charge is 0.332 e. The van der Waals surface area contributed by atoms with Gasteiger partial charge in [0.2, 0.25) is 20.0 Å². The molecule has 10 nitrogen and oxygen atoms in total. The van der Waals surface area contributed by atoms with E-state index in [0.29, 0.717) is 0 Å². The molecular formula is C16H30N2O8S2. The minimum absolute atomic E-state index is 0.368. The zero-order valence-electron chi connectivity index (χ0n) is 16.9. The van der Waals surface area contributed by atoms with Crippen molar-refractivity contribution in [3.63, 3.8) is 0 Å². The lowest BCUT2D eigenvalue weighted by Crippen LogP contribution is -2.39. The van der Waals surface area contributed by atoms with Crippen LogP contribution < -0.4 is 9.44 Å². The van der Waals surface area contributed by atoms with Crippen molar-refractivity contribution in [1.82, 2.24) is 9.44 Å². The van der Waals surface area contributed by atoms with E-state index in [1.54, 1.807) is 0 Å². The molecule has 0 saturated carbocycles. The summed E-state index contributed by atoms with van der Waals surface area (Å²) < 4.78 is 52.3. The second-order valence-corrected chi connectivity index (χ2v) is 11.7. The molecule has 0 amide bonds. The summed E-state index contributed by atoms with van der Waals surface area (Å²) in [6.45, 7) is 8.66. The van der Waals surface area contributed by atoms with Crippen LogP contribution in [0, 0.1) is 0 Å². The molecule has 0 aromatic rings. The third-order valence-electron chi connectivity index (χ3n) is 3.87. The van der Waals surface area contributed by atoms with Crippen molar-refractivity contribution in [3.05, 3.63) is 11.1 Å². The van der Waals surface area contributed by atoms with Crippen molar-refractivity contribution >= 4 is 32.0 Å². The molecule has 0 radical (unpaired) electrons. The van der Waals surface area contributed by atoms with Crippen LogP contribution in [0.4, 0.5) is 0 Å². The summed E-state index contributed by atoms with van der Waals surface area (Å²) >= 11 is 0. The van der Waals surface area contributed by atoms with E-state index in [9.17, 15) is 36.6 Å². The van der Waals surface area contributed by atoms with Crippen molar-refractivity contribution in [1.29, 1.82) is 0 Å². The Kier molecular flexibility index (Phi) is 9.77. The minimum Gasteiger partial charge on any atom is -0.478 e. The average Bonchev–Trinajstić information content (AvgIpc) is 2.48. The molecule has 2 atom stereocenters. The molecule has 0 heterocycles. The first-order chi connectivity index (χ1) is 12.5. The van der Waals surface area contributed by atoms with Crippen LogP contribution in [-0.2, 0) is 29.6 Å². The van der Waals surface area contributed by atoms with Crippen LogP contribution in [-0.4, -0.2) is 61.6 Å². The van der Waals surface area contributed by atoms with Crippen LogP contribution in [0.5, 0.6) is 0 Å². The summed E-state index contributed by atoms with van der Waals surface area (Å²) in [5.41, 5.74) is -0.968. The lowest BCUT2D eigenvalue weighted by atomic mass is 9.97. The molecule has 0 aliphatic heterocycles. The number of rotatable bonds is 12. The molecule has 12 heteroatoms. The van der Waals surface area contributed by atoms with Gasteiger partial charge in [-0.1, -0.05) is 0 Å². The summed E-state index contributed by atoms with van der Waals surface area (Å²) in [4.78, 5) is 23.2. The monoisotopic (exact) mass is 442 g/mol. The van der Waals surface area contributed by atoms with Crippen molar-refractivity contribution in [3.8, 4) is 0 Å². The first-order valence-electron chi connectivity index (χ1n) is 8.72. The van der Waals surface area contributed by atoms with Gasteiger partial charge in [-0.2, -0.15) is 0 Å². The predicted molar refractivity (Wildman–Crippen MR) is 105 cm³/mol. The van der Waals surface area contributed by atoms with Gasteiger partial charge in [-0.3, -0.25) is 0 Å². The van der Waals surface area contributed by atoms with Crippen molar-refractivity contribution in [2.24, 2.45) is 0 Å². The highest BCUT2D eigenvalue weighted by molar-refractivity contribution is 7.90. The number of carboxylic acids is 2. The highest BCUT2D eigenvalue weighted by Gasteiger charge is 2.27. The van der Waals surface area contributed by atoms with Gasteiger partial charge in [0.15, 0.2) is 0 Å². The summed E-state index contributed by atoms with van der Waals surface area (Å²) in [5, 5.41) is 17.4. The summed E-state index contributed by atoms with van der Waals surface area (Å²) in [5.74, 6) is -3.01. The van der Waals surface area contributed by atoms with Crippen molar-refractivity contribution in [2.45, 2.75) is 77.0 Å². The van der Waals surface area contributed by atoms with Crippen LogP contribution in [0.2, 0.25) is 0 Å². The maximum Gasteiger partial charge on any atom is 0.332 e. The van der Waals surface area contributed by atoms with Gasteiger partial charge in [0, 0.05) is 23.2 Å². The van der Waals surface area contributed by atoms with Crippen LogP contribution in [0.3, 0.4) is 0 Å². The second kappa shape index (κ2) is 10.3. The summed E-state index contributed by atoms with van der Waals surface area (Å²) in [6.07, 6.45) is -0.737. The van der Waals surface area contributed by atoms with E-state index in [0.717, 1.165) is 0 Å². The summed E-state index contributed by atoms with van der Waals surface area (Å²) in [6, 6.07) is -1.73. The van der Waals surface area contributed by atoms with Crippen LogP contribution >= 0.6 is 0 Å². The van der Waals surface area contributed by atoms with Crippen LogP contribution in [0.1, 0.15) is 54.4 Å². The standard InChI is InChI=1S/C16H30N2O8S2/c1-9(2)27(23,24)17-11(5)7-13(15(19)20)14(16(21)22)8-12(6)18-28(25,26)10(3)4/h9-12,17-18H,7-8H2,1-6H3,(H,19,20)(H,21,22)/b14-13+/t11-,12-/m0/s1. The normalized spacial score (nSPS) is 16.0. The lowest BCUT2D eigenvalue weighted by Gasteiger charge is -2.20. The first kappa shape index (κ1) is 26.5. The maximum atomic E-state index is 11.9. The molecular weight excluding hydrogens is 412 g/mol. The van der Waals surface area contributed by atoms with Crippen LogP contribution in [0.25, 0.3) is 0 Å². The molecule has 0 aliphatic carbocycles. The Labute approximate surface area is 166 Å². The highest BCUT2D eigenvalue weighted by Crippen LogP contribution is 2.19. The molecule has 0 spiro atoms. The SMILES string of the molecule is CC(C)S(=O)(=O)N[C@@H](C)C/C(C(=O)O)=C(/C[C@H](C)NS(=O)(=O)C(C)C)C(=O)O. The molecule has 0 bridgehead atoms. The van der Waals surface area contributed by atoms with Crippen molar-refractivity contribution < 1.29 is 36.6 Å². The van der Waals surface area contributed by atoms with Gasteiger partial charge in [0.25, 0.3) is 0 Å². The molecule has 164 valence electrons. The molecule has 4 N–H and O–H groups in total. The molecule has 0 fully saturated rings. The number of nitrogens with one attached hydrogen (secondary N) is 2. The first-order valence-corrected chi connectivity index (χ1v) is 11.8. The summed E-state index contributed by atoms with van der Waals surface area (Å²) in [7, 11) is -7.35. The number of hydrogen-bond acceptors (Lipinski definition) is 6. The maximum absolute atomic E-state index is 11.9. The Morgan fingerprint density at radius 3 is 1.11 bits per heavy atom. The molecule has 0 aromatic heterocycles. The number of aliphatic carboxylic acids is 2. The van der Waals surface area contributed by atoms with E-state index in [1.807, 2.05) is 0 Å². The molecule has 0 unspecified atom stereocenters. The number of sulfonamides is 2. The Morgan fingerprint density at radius 2 is 0.929 bits per heavy atom.